The van der Waals surface area contributed by atoms with Gasteiger partial charge in [-0.2, -0.15) is 4.98 Å². The number of hydrogen-bond donors (Lipinski definition) is 2. The van der Waals surface area contributed by atoms with Crippen LogP contribution in [-0.4, -0.2) is 29.0 Å². The highest BCUT2D eigenvalue weighted by molar-refractivity contribution is 5.93. The molecule has 0 amide bonds. The molecule has 29 heavy (non-hydrogen) atoms. The molecular weight excluding hydrogens is 387 g/mol. The lowest BCUT2D eigenvalue weighted by Crippen LogP contribution is -2.25. The minimum Gasteiger partial charge on any atom is -0.404 e. The highest BCUT2D eigenvalue weighted by atomic mass is 19.4. The van der Waals surface area contributed by atoms with Crippen LogP contribution in [-0.2, 0) is 0 Å². The molecule has 2 aromatic carbocycles. The molecule has 0 aliphatic carbocycles. The molecule has 3 rings (SSSR count). The van der Waals surface area contributed by atoms with E-state index >= 15 is 0 Å². The molecule has 0 bridgehead atoms. The van der Waals surface area contributed by atoms with E-state index in [4.69, 9.17) is 10.3 Å². The van der Waals surface area contributed by atoms with Gasteiger partial charge in [0.25, 0.3) is 0 Å². The number of para-hydroxylation sites is 2. The highest BCUT2D eigenvalue weighted by Gasteiger charge is 2.32. The molecule has 0 saturated heterocycles. The van der Waals surface area contributed by atoms with Crippen molar-refractivity contribution in [1.29, 1.82) is 0 Å². The van der Waals surface area contributed by atoms with Gasteiger partial charge in [0.2, 0.25) is 11.7 Å². The number of rotatable bonds is 6. The molecule has 3 N–H and O–H groups in total. The van der Waals surface area contributed by atoms with Crippen LogP contribution < -0.4 is 15.8 Å². The van der Waals surface area contributed by atoms with Crippen molar-refractivity contribution in [2.24, 2.45) is 10.7 Å². The molecule has 10 heteroatoms. The third-order valence-corrected chi connectivity index (χ3v) is 3.81. The summed E-state index contributed by atoms with van der Waals surface area (Å²) in [6, 6.07) is 14.9. The molecule has 1 atom stereocenters. The van der Waals surface area contributed by atoms with E-state index in [9.17, 15) is 13.2 Å². The van der Waals surface area contributed by atoms with Gasteiger partial charge < -0.3 is 20.3 Å². The van der Waals surface area contributed by atoms with Crippen molar-refractivity contribution in [3.05, 3.63) is 60.5 Å². The van der Waals surface area contributed by atoms with E-state index in [0.717, 1.165) is 5.56 Å². The standard InChI is InChI=1S/C19H18F3N5O2/c1-12(17-26-16(27-29-17)13-7-3-2-4-8-13)11-24-18(23)25-14-9-5-6-10-15(14)28-19(20,21)22/h2-10,12H,11H2,1H3,(H3,23,24,25). The fourth-order valence-electron chi connectivity index (χ4n) is 2.41. The first kappa shape index (κ1) is 20.2. The number of guanidine groups is 1. The van der Waals surface area contributed by atoms with Crippen LogP contribution in [0.15, 0.2) is 64.1 Å². The maximum Gasteiger partial charge on any atom is 0.573 e. The summed E-state index contributed by atoms with van der Waals surface area (Å²) in [6.45, 7) is 2.01. The van der Waals surface area contributed by atoms with Gasteiger partial charge in [-0.05, 0) is 12.1 Å². The van der Waals surface area contributed by atoms with Crippen molar-refractivity contribution < 1.29 is 22.4 Å². The molecule has 1 heterocycles. The molecule has 0 spiro atoms. The Hall–Kier alpha value is -3.56. The van der Waals surface area contributed by atoms with Crippen LogP contribution in [0.5, 0.6) is 5.75 Å². The second-order valence-corrected chi connectivity index (χ2v) is 6.12. The molecule has 1 unspecified atom stereocenters. The quantitative estimate of drug-likeness (QED) is 0.472. The average molecular weight is 405 g/mol. The van der Waals surface area contributed by atoms with E-state index < -0.39 is 12.1 Å². The Morgan fingerprint density at radius 2 is 1.86 bits per heavy atom. The number of nitrogens with two attached hydrogens (primary N) is 1. The topological polar surface area (TPSA) is 98.6 Å². The van der Waals surface area contributed by atoms with Gasteiger partial charge in [0, 0.05) is 5.56 Å². The van der Waals surface area contributed by atoms with Gasteiger partial charge in [0.15, 0.2) is 11.7 Å². The van der Waals surface area contributed by atoms with Gasteiger partial charge in [-0.3, -0.25) is 4.99 Å². The summed E-state index contributed by atoms with van der Waals surface area (Å²) < 4.78 is 46.7. The Labute approximate surface area is 164 Å². The number of ether oxygens (including phenoxy) is 1. The first-order valence-electron chi connectivity index (χ1n) is 8.62. The maximum absolute atomic E-state index is 12.5. The maximum atomic E-state index is 12.5. The van der Waals surface area contributed by atoms with Crippen molar-refractivity contribution in [3.8, 4) is 17.1 Å². The first-order chi connectivity index (χ1) is 13.8. The van der Waals surface area contributed by atoms with Gasteiger partial charge in [-0.15, -0.1) is 13.2 Å². The van der Waals surface area contributed by atoms with Gasteiger partial charge in [-0.1, -0.05) is 54.5 Å². The Kier molecular flexibility index (Phi) is 6.01. The number of benzene rings is 2. The van der Waals surface area contributed by atoms with Crippen molar-refractivity contribution >= 4 is 11.6 Å². The zero-order chi connectivity index (χ0) is 20.9. The number of aliphatic imine (C=N–C) groups is 1. The minimum absolute atomic E-state index is 0.0443. The zero-order valence-corrected chi connectivity index (χ0v) is 15.3. The van der Waals surface area contributed by atoms with E-state index in [1.165, 1.54) is 18.2 Å². The van der Waals surface area contributed by atoms with Crippen molar-refractivity contribution in [1.82, 2.24) is 10.1 Å². The SMILES string of the molecule is CC(CN=C(N)Nc1ccccc1OC(F)(F)F)c1nc(-c2ccccc2)no1. The van der Waals surface area contributed by atoms with E-state index in [1.807, 2.05) is 37.3 Å². The molecule has 3 aromatic rings. The number of halogens is 3. The second kappa shape index (κ2) is 8.63. The minimum atomic E-state index is -4.81. The molecule has 0 aliphatic rings. The number of anilines is 1. The summed E-state index contributed by atoms with van der Waals surface area (Å²) in [5.74, 6) is 0.109. The van der Waals surface area contributed by atoms with Crippen LogP contribution in [0.1, 0.15) is 18.7 Å². The van der Waals surface area contributed by atoms with Crippen LogP contribution >= 0.6 is 0 Å². The Balaban J connectivity index is 1.64. The van der Waals surface area contributed by atoms with Crippen LogP contribution in [0.2, 0.25) is 0 Å². The monoisotopic (exact) mass is 405 g/mol. The van der Waals surface area contributed by atoms with Gasteiger partial charge in [0.05, 0.1) is 18.2 Å². The number of alkyl halides is 3. The number of hydrogen-bond acceptors (Lipinski definition) is 5. The summed E-state index contributed by atoms with van der Waals surface area (Å²) in [5.41, 5.74) is 6.66. The van der Waals surface area contributed by atoms with E-state index in [1.54, 1.807) is 6.07 Å². The zero-order valence-electron chi connectivity index (χ0n) is 15.3. The molecule has 0 saturated carbocycles. The van der Waals surface area contributed by atoms with E-state index in [2.05, 4.69) is 25.2 Å². The summed E-state index contributed by atoms with van der Waals surface area (Å²) in [4.78, 5) is 8.48. The lowest BCUT2D eigenvalue weighted by atomic mass is 10.2. The van der Waals surface area contributed by atoms with Crippen molar-refractivity contribution in [2.75, 3.05) is 11.9 Å². The van der Waals surface area contributed by atoms with E-state index in [0.29, 0.717) is 11.7 Å². The van der Waals surface area contributed by atoms with Gasteiger partial charge in [-0.25, -0.2) is 0 Å². The predicted octanol–water partition coefficient (Wildman–Crippen LogP) is 4.17. The number of nitrogens with zero attached hydrogens (tertiary/aromatic N) is 3. The van der Waals surface area contributed by atoms with E-state index in [-0.39, 0.29) is 24.1 Å². The van der Waals surface area contributed by atoms with Crippen LogP contribution in [0.25, 0.3) is 11.4 Å². The smallest absolute Gasteiger partial charge is 0.404 e. The lowest BCUT2D eigenvalue weighted by molar-refractivity contribution is -0.274. The molecule has 0 aliphatic heterocycles. The normalized spacial score (nSPS) is 13.2. The number of aromatic nitrogens is 2. The molecule has 1 aromatic heterocycles. The summed E-state index contributed by atoms with van der Waals surface area (Å²) >= 11 is 0. The fraction of sp³-hybridized carbons (Fsp3) is 0.211. The first-order valence-corrected chi connectivity index (χ1v) is 8.62. The summed E-state index contributed by atoms with van der Waals surface area (Å²) in [7, 11) is 0. The van der Waals surface area contributed by atoms with Crippen LogP contribution in [0.3, 0.4) is 0 Å². The number of nitrogens with one attached hydrogen (secondary N) is 1. The predicted molar refractivity (Wildman–Crippen MR) is 101 cm³/mol. The molecule has 0 radical (unpaired) electrons. The third kappa shape index (κ3) is 5.71. The largest absolute Gasteiger partial charge is 0.573 e. The average Bonchev–Trinajstić information content (AvgIpc) is 3.18. The van der Waals surface area contributed by atoms with Crippen LogP contribution in [0, 0.1) is 0 Å². The van der Waals surface area contributed by atoms with Crippen LogP contribution in [0.4, 0.5) is 18.9 Å². The fourth-order valence-corrected chi connectivity index (χ4v) is 2.41. The van der Waals surface area contributed by atoms with Crippen molar-refractivity contribution in [2.45, 2.75) is 19.2 Å². The second-order valence-electron chi connectivity index (χ2n) is 6.12. The third-order valence-electron chi connectivity index (χ3n) is 3.81. The highest BCUT2D eigenvalue weighted by Crippen LogP contribution is 2.29. The Morgan fingerprint density at radius 1 is 1.17 bits per heavy atom. The Bertz CT molecular complexity index is 973. The van der Waals surface area contributed by atoms with Crippen molar-refractivity contribution in [3.63, 3.8) is 0 Å². The molecule has 0 fully saturated rings. The summed E-state index contributed by atoms with van der Waals surface area (Å²) in [5, 5.41) is 6.55. The summed E-state index contributed by atoms with van der Waals surface area (Å²) in [6.07, 6.45) is -4.81. The molecule has 152 valence electrons. The lowest BCUT2D eigenvalue weighted by Gasteiger charge is -2.14. The van der Waals surface area contributed by atoms with Gasteiger partial charge >= 0.3 is 6.36 Å². The molecule has 7 nitrogen and oxygen atoms in total. The molecular formula is C19H18F3N5O2. The Morgan fingerprint density at radius 3 is 2.59 bits per heavy atom. The van der Waals surface area contributed by atoms with Gasteiger partial charge in [0.1, 0.15) is 0 Å².